The van der Waals surface area contributed by atoms with Gasteiger partial charge in [0.15, 0.2) is 0 Å². The molecule has 1 aromatic carbocycles. The molecule has 0 atom stereocenters. The van der Waals surface area contributed by atoms with Crippen LogP contribution in [0, 0.1) is 0 Å². The van der Waals surface area contributed by atoms with E-state index in [2.05, 4.69) is 22.1 Å². The van der Waals surface area contributed by atoms with Crippen LogP contribution in [-0.2, 0) is 0 Å². The molecular weight excluding hydrogens is 276 g/mol. The molecule has 0 saturated heterocycles. The minimum absolute atomic E-state index is 0.169. The fourth-order valence-corrected chi connectivity index (χ4v) is 1.59. The maximum absolute atomic E-state index is 8.65. The number of hydrogen-bond acceptors (Lipinski definition) is 4. The maximum atomic E-state index is 8.65. The van der Waals surface area contributed by atoms with Crippen molar-refractivity contribution in [2.75, 3.05) is 0 Å². The second-order valence-electron chi connectivity index (χ2n) is 4.41. The van der Waals surface area contributed by atoms with Crippen molar-refractivity contribution in [1.82, 2.24) is 9.97 Å². The molecule has 0 aliphatic heterocycles. The number of rotatable bonds is 2. The average Bonchev–Trinajstić information content (AvgIpc) is 2.58. The van der Waals surface area contributed by atoms with Gasteiger partial charge in [0.05, 0.1) is 0 Å². The van der Waals surface area contributed by atoms with E-state index in [4.69, 9.17) is 10.2 Å². The van der Waals surface area contributed by atoms with Gasteiger partial charge in [-0.05, 0) is 59.7 Å². The summed E-state index contributed by atoms with van der Waals surface area (Å²) in [4.78, 5) is 7.91. The number of benzene rings is 1. The van der Waals surface area contributed by atoms with Crippen molar-refractivity contribution < 1.29 is 10.2 Å². The van der Waals surface area contributed by atoms with E-state index in [1.165, 1.54) is 24.3 Å². The van der Waals surface area contributed by atoms with Crippen molar-refractivity contribution in [3.05, 3.63) is 84.4 Å². The number of nitrogens with zero attached hydrogens (tertiary/aromatic N) is 2. The van der Waals surface area contributed by atoms with E-state index < -0.39 is 0 Å². The molecule has 110 valence electrons. The van der Waals surface area contributed by atoms with Crippen LogP contribution in [0.15, 0.2) is 73.3 Å². The third kappa shape index (κ3) is 5.46. The standard InChI is InChI=1S/C12H10N2.C6H6O2/c1(11-3-7-13-8-4-11)2-12-5-9-14-10-6-12;7-5-1-2-6(8)4-3-5/h1-10H;1-4,7-8H/b2-1+;. The normalized spacial score (nSPS) is 10.0. The second kappa shape index (κ2) is 8.21. The Labute approximate surface area is 129 Å². The van der Waals surface area contributed by atoms with Crippen molar-refractivity contribution in [2.45, 2.75) is 0 Å². The van der Waals surface area contributed by atoms with Gasteiger partial charge in [-0.1, -0.05) is 12.2 Å². The Balaban J connectivity index is 0.000000188. The minimum Gasteiger partial charge on any atom is -0.508 e. The number of pyridine rings is 2. The lowest BCUT2D eigenvalue weighted by molar-refractivity contribution is 0.460. The lowest BCUT2D eigenvalue weighted by Crippen LogP contribution is -1.74. The van der Waals surface area contributed by atoms with Gasteiger partial charge in [-0.15, -0.1) is 0 Å². The molecule has 22 heavy (non-hydrogen) atoms. The third-order valence-corrected chi connectivity index (χ3v) is 2.73. The van der Waals surface area contributed by atoms with E-state index in [9.17, 15) is 0 Å². The summed E-state index contributed by atoms with van der Waals surface area (Å²) >= 11 is 0. The van der Waals surface area contributed by atoms with Gasteiger partial charge in [0, 0.05) is 24.8 Å². The molecule has 0 saturated carbocycles. The number of phenols is 2. The highest BCUT2D eigenvalue weighted by molar-refractivity contribution is 5.68. The summed E-state index contributed by atoms with van der Waals surface area (Å²) in [5.74, 6) is 0.339. The Kier molecular flexibility index (Phi) is 5.70. The number of phenolic OH excluding ortho intramolecular Hbond substituents is 2. The molecule has 3 rings (SSSR count). The van der Waals surface area contributed by atoms with Gasteiger partial charge in [-0.3, -0.25) is 9.97 Å². The molecule has 2 N–H and O–H groups in total. The summed E-state index contributed by atoms with van der Waals surface area (Å²) in [5.41, 5.74) is 2.30. The van der Waals surface area contributed by atoms with E-state index in [0.717, 1.165) is 11.1 Å². The Morgan fingerprint density at radius 2 is 0.864 bits per heavy atom. The zero-order valence-electron chi connectivity index (χ0n) is 11.9. The average molecular weight is 292 g/mol. The van der Waals surface area contributed by atoms with Crippen molar-refractivity contribution in [2.24, 2.45) is 0 Å². The Morgan fingerprint density at radius 3 is 1.18 bits per heavy atom. The molecule has 0 unspecified atom stereocenters. The van der Waals surface area contributed by atoms with Gasteiger partial charge in [-0.2, -0.15) is 0 Å². The Bertz CT molecular complexity index is 634. The van der Waals surface area contributed by atoms with Gasteiger partial charge in [0.2, 0.25) is 0 Å². The number of aromatic nitrogens is 2. The summed E-state index contributed by atoms with van der Waals surface area (Å²) in [6.07, 6.45) is 11.2. The minimum atomic E-state index is 0.169. The molecule has 0 aliphatic rings. The van der Waals surface area contributed by atoms with Gasteiger partial charge < -0.3 is 10.2 Å². The number of hydrogen-bond donors (Lipinski definition) is 2. The van der Waals surface area contributed by atoms with Gasteiger partial charge in [-0.25, -0.2) is 0 Å². The van der Waals surface area contributed by atoms with Crippen molar-refractivity contribution >= 4 is 12.2 Å². The molecule has 3 aromatic rings. The molecule has 0 bridgehead atoms. The molecule has 0 spiro atoms. The summed E-state index contributed by atoms with van der Waals surface area (Å²) < 4.78 is 0. The Morgan fingerprint density at radius 1 is 0.545 bits per heavy atom. The quantitative estimate of drug-likeness (QED) is 0.706. The van der Waals surface area contributed by atoms with Crippen molar-refractivity contribution in [1.29, 1.82) is 0 Å². The summed E-state index contributed by atoms with van der Waals surface area (Å²) in [7, 11) is 0. The first-order chi connectivity index (χ1) is 10.7. The van der Waals surface area contributed by atoms with Crippen LogP contribution < -0.4 is 0 Å². The predicted octanol–water partition coefficient (Wildman–Crippen LogP) is 3.74. The van der Waals surface area contributed by atoms with Crippen LogP contribution in [0.1, 0.15) is 11.1 Å². The predicted molar refractivity (Wildman–Crippen MR) is 87.2 cm³/mol. The van der Waals surface area contributed by atoms with Crippen molar-refractivity contribution in [3.8, 4) is 11.5 Å². The molecule has 0 aliphatic carbocycles. The lowest BCUT2D eigenvalue weighted by atomic mass is 10.2. The second-order valence-corrected chi connectivity index (χ2v) is 4.41. The molecule has 0 fully saturated rings. The zero-order valence-corrected chi connectivity index (χ0v) is 11.9. The van der Waals surface area contributed by atoms with Crippen LogP contribution >= 0.6 is 0 Å². The Hall–Kier alpha value is -3.14. The molecule has 0 amide bonds. The smallest absolute Gasteiger partial charge is 0.115 e. The SMILES string of the molecule is C(=C\c1ccncc1)/c1ccncc1.Oc1ccc(O)cc1. The van der Waals surface area contributed by atoms with Gasteiger partial charge in [0.25, 0.3) is 0 Å². The number of aromatic hydroxyl groups is 2. The van der Waals surface area contributed by atoms with Gasteiger partial charge in [0.1, 0.15) is 11.5 Å². The first-order valence-electron chi connectivity index (χ1n) is 6.70. The highest BCUT2D eigenvalue weighted by Gasteiger charge is 1.85. The fraction of sp³-hybridized carbons (Fsp3) is 0. The van der Waals surface area contributed by atoms with Crippen LogP contribution in [0.5, 0.6) is 11.5 Å². The van der Waals surface area contributed by atoms with Crippen LogP contribution in [0.2, 0.25) is 0 Å². The summed E-state index contributed by atoms with van der Waals surface area (Å²) in [6, 6.07) is 13.6. The molecule has 0 radical (unpaired) electrons. The van der Waals surface area contributed by atoms with Crippen LogP contribution in [0.4, 0.5) is 0 Å². The fourth-order valence-electron chi connectivity index (χ4n) is 1.59. The maximum Gasteiger partial charge on any atom is 0.115 e. The molecule has 2 heterocycles. The van der Waals surface area contributed by atoms with E-state index in [1.54, 1.807) is 24.8 Å². The molecule has 2 aromatic heterocycles. The highest BCUT2D eigenvalue weighted by atomic mass is 16.3. The van der Waals surface area contributed by atoms with E-state index in [0.29, 0.717) is 0 Å². The molecule has 4 heteroatoms. The molecule has 4 nitrogen and oxygen atoms in total. The van der Waals surface area contributed by atoms with Gasteiger partial charge >= 0.3 is 0 Å². The van der Waals surface area contributed by atoms with Crippen LogP contribution in [0.25, 0.3) is 12.2 Å². The van der Waals surface area contributed by atoms with E-state index in [1.807, 2.05) is 24.3 Å². The van der Waals surface area contributed by atoms with Crippen LogP contribution in [0.3, 0.4) is 0 Å². The highest BCUT2D eigenvalue weighted by Crippen LogP contribution is 2.13. The summed E-state index contributed by atoms with van der Waals surface area (Å²) in [6.45, 7) is 0. The van der Waals surface area contributed by atoms with Crippen LogP contribution in [-0.4, -0.2) is 20.2 Å². The van der Waals surface area contributed by atoms with E-state index in [-0.39, 0.29) is 11.5 Å². The third-order valence-electron chi connectivity index (χ3n) is 2.73. The first-order valence-corrected chi connectivity index (χ1v) is 6.70. The summed E-state index contributed by atoms with van der Waals surface area (Å²) in [5, 5.41) is 17.3. The van der Waals surface area contributed by atoms with E-state index >= 15 is 0 Å². The van der Waals surface area contributed by atoms with Crippen molar-refractivity contribution in [3.63, 3.8) is 0 Å². The largest absolute Gasteiger partial charge is 0.508 e. The lowest BCUT2D eigenvalue weighted by Gasteiger charge is -1.92. The topological polar surface area (TPSA) is 66.2 Å². The zero-order chi connectivity index (χ0) is 15.6. The first kappa shape index (κ1) is 15.3. The monoisotopic (exact) mass is 292 g/mol. The molecular formula is C18H16N2O2.